The monoisotopic (exact) mass is 449 g/mol. The van der Waals surface area contributed by atoms with E-state index in [1.54, 1.807) is 22.0 Å². The van der Waals surface area contributed by atoms with Gasteiger partial charge in [0.2, 0.25) is 10.0 Å². The first-order valence-corrected chi connectivity index (χ1v) is 12.3. The van der Waals surface area contributed by atoms with Crippen molar-refractivity contribution < 1.29 is 8.42 Å². The van der Waals surface area contributed by atoms with Crippen LogP contribution in [0.1, 0.15) is 5.56 Å². The number of nitrogens with one attached hydrogen (secondary N) is 1. The molecule has 3 heterocycles. The number of rotatable bonds is 5. The van der Waals surface area contributed by atoms with Gasteiger partial charge < -0.3 is 0 Å². The van der Waals surface area contributed by atoms with Gasteiger partial charge in [0.1, 0.15) is 10.8 Å². The molecule has 0 saturated carbocycles. The Kier molecular flexibility index (Phi) is 4.64. The van der Waals surface area contributed by atoms with Gasteiger partial charge in [-0.3, -0.25) is 9.62 Å². The maximum absolute atomic E-state index is 11.9. The van der Waals surface area contributed by atoms with E-state index in [1.165, 1.54) is 0 Å². The van der Waals surface area contributed by atoms with Crippen LogP contribution < -0.4 is 9.62 Å². The Bertz CT molecular complexity index is 1490. The minimum Gasteiger partial charge on any atom is -0.286 e. The lowest BCUT2D eigenvalue weighted by Crippen LogP contribution is -2.14. The van der Waals surface area contributed by atoms with E-state index >= 15 is 0 Å². The van der Waals surface area contributed by atoms with Gasteiger partial charge in [0.15, 0.2) is 5.65 Å². The Morgan fingerprint density at radius 3 is 2.71 bits per heavy atom. The van der Waals surface area contributed by atoms with Crippen molar-refractivity contribution in [2.24, 2.45) is 0 Å². The molecule has 0 bridgehead atoms. The molecular formula is C22H19N5O2S2. The molecule has 0 saturated heterocycles. The van der Waals surface area contributed by atoms with Crippen molar-refractivity contribution in [3.8, 4) is 0 Å². The third-order valence-corrected chi connectivity index (χ3v) is 6.57. The van der Waals surface area contributed by atoms with Gasteiger partial charge in [0.05, 0.1) is 23.8 Å². The predicted molar refractivity (Wildman–Crippen MR) is 126 cm³/mol. The van der Waals surface area contributed by atoms with Crippen LogP contribution in [0.4, 0.5) is 22.2 Å². The summed E-state index contributed by atoms with van der Waals surface area (Å²) in [6, 6.07) is 19.8. The minimum atomic E-state index is -3.41. The first-order chi connectivity index (χ1) is 14.9. The number of sulfonamides is 1. The third kappa shape index (κ3) is 3.85. The van der Waals surface area contributed by atoms with Crippen LogP contribution in [0.5, 0.6) is 0 Å². The molecule has 3 aromatic heterocycles. The Balaban J connectivity index is 1.71. The molecule has 0 atom stereocenters. The molecule has 7 nitrogen and oxygen atoms in total. The van der Waals surface area contributed by atoms with E-state index in [9.17, 15) is 8.42 Å². The highest BCUT2D eigenvalue weighted by Gasteiger charge is 2.19. The molecule has 0 aliphatic heterocycles. The summed E-state index contributed by atoms with van der Waals surface area (Å²) in [4.78, 5) is 6.81. The lowest BCUT2D eigenvalue weighted by molar-refractivity contribution is 0.607. The zero-order valence-electron chi connectivity index (χ0n) is 16.9. The number of aryl methyl sites for hydroxylation is 1. The van der Waals surface area contributed by atoms with Crippen molar-refractivity contribution in [1.29, 1.82) is 0 Å². The van der Waals surface area contributed by atoms with Crippen LogP contribution in [0.2, 0.25) is 0 Å². The maximum Gasteiger partial charge on any atom is 0.229 e. The van der Waals surface area contributed by atoms with Crippen molar-refractivity contribution >= 4 is 59.3 Å². The zero-order chi connectivity index (χ0) is 21.6. The molecule has 0 aliphatic rings. The molecule has 0 fully saturated rings. The Morgan fingerprint density at radius 2 is 1.90 bits per heavy atom. The van der Waals surface area contributed by atoms with E-state index in [2.05, 4.69) is 28.0 Å². The molecule has 0 spiro atoms. The number of aromatic nitrogens is 3. The van der Waals surface area contributed by atoms with Crippen LogP contribution in [0.25, 0.3) is 15.7 Å². The van der Waals surface area contributed by atoms with Crippen molar-refractivity contribution in [3.05, 3.63) is 78.6 Å². The van der Waals surface area contributed by atoms with Crippen LogP contribution in [0.3, 0.4) is 0 Å². The van der Waals surface area contributed by atoms with Gasteiger partial charge in [-0.2, -0.15) is 5.10 Å². The SMILES string of the molecule is Cc1ccc(N(c2ccn3nccc3n2)c2cc3ccccc3s2)cc1NS(C)(=O)=O. The summed E-state index contributed by atoms with van der Waals surface area (Å²) < 4.78 is 29.2. The van der Waals surface area contributed by atoms with Crippen LogP contribution in [-0.4, -0.2) is 29.3 Å². The molecule has 1 N–H and O–H groups in total. The number of hydrogen-bond acceptors (Lipinski definition) is 6. The molecular weight excluding hydrogens is 430 g/mol. The molecule has 0 unspecified atom stereocenters. The normalized spacial score (nSPS) is 11.8. The van der Waals surface area contributed by atoms with Gasteiger partial charge in [-0.25, -0.2) is 17.9 Å². The molecule has 9 heteroatoms. The summed E-state index contributed by atoms with van der Waals surface area (Å²) >= 11 is 1.65. The first-order valence-electron chi connectivity index (χ1n) is 9.55. The van der Waals surface area contributed by atoms with Gasteiger partial charge in [-0.1, -0.05) is 24.3 Å². The van der Waals surface area contributed by atoms with Crippen LogP contribution >= 0.6 is 11.3 Å². The molecule has 156 valence electrons. The first kappa shape index (κ1) is 19.5. The average molecular weight is 450 g/mol. The van der Waals surface area contributed by atoms with Crippen molar-refractivity contribution in [2.45, 2.75) is 6.92 Å². The van der Waals surface area contributed by atoms with Crippen LogP contribution in [0.15, 0.2) is 73.1 Å². The van der Waals surface area contributed by atoms with Gasteiger partial charge >= 0.3 is 0 Å². The maximum atomic E-state index is 11.9. The molecule has 5 rings (SSSR count). The molecule has 31 heavy (non-hydrogen) atoms. The number of hydrogen-bond donors (Lipinski definition) is 1. The van der Waals surface area contributed by atoms with E-state index in [0.717, 1.165) is 38.2 Å². The standard InChI is InChI=1S/C22H19N5O2S2/c1-15-7-8-17(14-18(15)25-31(2,28)29)27(21-10-12-26-20(24-21)9-11-23-26)22-13-16-5-3-4-6-19(16)30-22/h3-14,25H,1-2H3. The zero-order valence-corrected chi connectivity index (χ0v) is 18.5. The topological polar surface area (TPSA) is 79.6 Å². The highest BCUT2D eigenvalue weighted by Crippen LogP contribution is 2.41. The quantitative estimate of drug-likeness (QED) is 0.404. The van der Waals surface area contributed by atoms with E-state index in [1.807, 2.05) is 60.5 Å². The number of nitrogens with zero attached hydrogens (tertiary/aromatic N) is 4. The van der Waals surface area contributed by atoms with E-state index in [-0.39, 0.29) is 0 Å². The smallest absolute Gasteiger partial charge is 0.229 e. The summed E-state index contributed by atoms with van der Waals surface area (Å²) in [5.41, 5.74) is 2.91. The fourth-order valence-electron chi connectivity index (χ4n) is 3.44. The van der Waals surface area contributed by atoms with Crippen molar-refractivity contribution in [2.75, 3.05) is 15.9 Å². The second-order valence-electron chi connectivity index (χ2n) is 7.25. The summed E-state index contributed by atoms with van der Waals surface area (Å²) in [5, 5.41) is 6.34. The van der Waals surface area contributed by atoms with Gasteiger partial charge in [0.25, 0.3) is 0 Å². The van der Waals surface area contributed by atoms with Crippen LogP contribution in [-0.2, 0) is 10.0 Å². The number of benzene rings is 2. The van der Waals surface area contributed by atoms with E-state index in [0.29, 0.717) is 11.5 Å². The van der Waals surface area contributed by atoms with E-state index < -0.39 is 10.0 Å². The summed E-state index contributed by atoms with van der Waals surface area (Å²) in [6.07, 6.45) is 4.72. The van der Waals surface area contributed by atoms with Gasteiger partial charge in [0, 0.05) is 17.0 Å². The fourth-order valence-corrected chi connectivity index (χ4v) is 5.15. The van der Waals surface area contributed by atoms with Crippen molar-refractivity contribution in [3.63, 3.8) is 0 Å². The summed E-state index contributed by atoms with van der Waals surface area (Å²) in [6.45, 7) is 1.87. The Labute approximate surface area is 183 Å². The molecule has 2 aromatic carbocycles. The number of anilines is 4. The van der Waals surface area contributed by atoms with Gasteiger partial charge in [-0.05, 0) is 48.2 Å². The number of thiophene rings is 1. The second kappa shape index (κ2) is 7.36. The second-order valence-corrected chi connectivity index (χ2v) is 10.1. The van der Waals surface area contributed by atoms with Crippen molar-refractivity contribution in [1.82, 2.24) is 14.6 Å². The van der Waals surface area contributed by atoms with Crippen LogP contribution in [0, 0.1) is 6.92 Å². The third-order valence-electron chi connectivity index (χ3n) is 4.88. The lowest BCUT2D eigenvalue weighted by Gasteiger charge is -2.23. The Morgan fingerprint density at radius 1 is 1.06 bits per heavy atom. The molecule has 0 aliphatic carbocycles. The summed E-state index contributed by atoms with van der Waals surface area (Å²) in [5.74, 6) is 0.716. The minimum absolute atomic E-state index is 0.538. The lowest BCUT2D eigenvalue weighted by atomic mass is 10.1. The number of fused-ring (bicyclic) bond motifs is 2. The predicted octanol–water partition coefficient (Wildman–Crippen LogP) is 5.09. The fraction of sp³-hybridized carbons (Fsp3) is 0.0909. The molecule has 0 amide bonds. The summed E-state index contributed by atoms with van der Waals surface area (Å²) in [7, 11) is -3.41. The molecule has 0 radical (unpaired) electrons. The largest absolute Gasteiger partial charge is 0.286 e. The van der Waals surface area contributed by atoms with E-state index in [4.69, 9.17) is 4.98 Å². The Hall–Kier alpha value is -3.43. The highest BCUT2D eigenvalue weighted by atomic mass is 32.2. The highest BCUT2D eigenvalue weighted by molar-refractivity contribution is 7.92. The molecule has 5 aromatic rings. The average Bonchev–Trinajstić information content (AvgIpc) is 3.35. The van der Waals surface area contributed by atoms with Gasteiger partial charge in [-0.15, -0.1) is 11.3 Å².